The molecule has 0 saturated carbocycles. The standard InChI is InChI=1S/C21H19N5O2/c1-25-9-8-14(21(25)28)7-6-13-4-3-5-15(10-13)19-16-12-23-26(2)18(16)11-17(24-19)20(22)27/h3-5,10-12,14H,8-9H2,1-2H3,(H2,22,27). The zero-order valence-electron chi connectivity index (χ0n) is 15.6. The summed E-state index contributed by atoms with van der Waals surface area (Å²) < 4.78 is 1.68. The number of carbonyl (C=O) groups is 2. The van der Waals surface area contributed by atoms with Gasteiger partial charge in [0.25, 0.3) is 5.91 Å². The van der Waals surface area contributed by atoms with Gasteiger partial charge in [0.2, 0.25) is 5.91 Å². The molecule has 2 amide bonds. The van der Waals surface area contributed by atoms with E-state index >= 15 is 0 Å². The average molecular weight is 373 g/mol. The van der Waals surface area contributed by atoms with E-state index in [1.807, 2.05) is 24.3 Å². The minimum absolute atomic E-state index is 0.0662. The Morgan fingerprint density at radius 3 is 2.82 bits per heavy atom. The van der Waals surface area contributed by atoms with Crippen molar-refractivity contribution in [1.29, 1.82) is 0 Å². The number of amides is 2. The molecule has 1 aliphatic rings. The van der Waals surface area contributed by atoms with Crippen molar-refractivity contribution in [3.63, 3.8) is 0 Å². The molecule has 0 aliphatic carbocycles. The molecule has 1 saturated heterocycles. The molecule has 3 aromatic rings. The molecule has 4 rings (SSSR count). The van der Waals surface area contributed by atoms with Crippen molar-refractivity contribution in [2.24, 2.45) is 18.7 Å². The second-order valence-corrected chi connectivity index (χ2v) is 6.87. The summed E-state index contributed by atoms with van der Waals surface area (Å²) in [6, 6.07) is 9.20. The molecular weight excluding hydrogens is 354 g/mol. The molecule has 1 fully saturated rings. The lowest BCUT2D eigenvalue weighted by molar-refractivity contribution is -0.128. The van der Waals surface area contributed by atoms with E-state index in [0.29, 0.717) is 5.69 Å². The van der Waals surface area contributed by atoms with Crippen molar-refractivity contribution >= 4 is 22.7 Å². The third-order valence-electron chi connectivity index (χ3n) is 4.95. The Morgan fingerprint density at radius 2 is 2.11 bits per heavy atom. The normalized spacial score (nSPS) is 16.3. The number of benzene rings is 1. The van der Waals surface area contributed by atoms with Crippen LogP contribution in [0.2, 0.25) is 0 Å². The molecule has 7 heteroatoms. The number of pyridine rings is 1. The number of aryl methyl sites for hydroxylation is 1. The van der Waals surface area contributed by atoms with Crippen LogP contribution in [-0.4, -0.2) is 45.1 Å². The SMILES string of the molecule is CN1CCC(C#Cc2cccc(-c3nc(C(N)=O)cc4c3cnn4C)c2)C1=O. The number of hydrogen-bond acceptors (Lipinski definition) is 4. The molecule has 140 valence electrons. The van der Waals surface area contributed by atoms with Gasteiger partial charge in [-0.05, 0) is 24.6 Å². The lowest BCUT2D eigenvalue weighted by Crippen LogP contribution is -2.21. The van der Waals surface area contributed by atoms with Gasteiger partial charge in [0.05, 0.1) is 17.4 Å². The molecule has 28 heavy (non-hydrogen) atoms. The van der Waals surface area contributed by atoms with Crippen molar-refractivity contribution in [2.75, 3.05) is 13.6 Å². The van der Waals surface area contributed by atoms with E-state index in [2.05, 4.69) is 21.9 Å². The number of aromatic nitrogens is 3. The molecule has 0 radical (unpaired) electrons. The van der Waals surface area contributed by atoms with Gasteiger partial charge < -0.3 is 10.6 Å². The molecule has 3 heterocycles. The molecule has 1 aromatic carbocycles. The van der Waals surface area contributed by atoms with E-state index in [0.717, 1.165) is 35.0 Å². The maximum Gasteiger partial charge on any atom is 0.267 e. The van der Waals surface area contributed by atoms with Crippen molar-refractivity contribution in [3.05, 3.63) is 47.8 Å². The second kappa shape index (κ2) is 6.82. The van der Waals surface area contributed by atoms with Gasteiger partial charge in [0, 0.05) is 37.2 Å². The predicted octanol–water partition coefficient (Wildman–Crippen LogP) is 1.56. The third-order valence-corrected chi connectivity index (χ3v) is 4.95. The van der Waals surface area contributed by atoms with Crippen molar-refractivity contribution < 1.29 is 9.59 Å². The number of likely N-dealkylation sites (tertiary alicyclic amines) is 1. The molecule has 0 bridgehead atoms. The molecular formula is C21H19N5O2. The monoisotopic (exact) mass is 373 g/mol. The predicted molar refractivity (Wildman–Crippen MR) is 105 cm³/mol. The minimum atomic E-state index is -0.593. The molecule has 2 aromatic heterocycles. The summed E-state index contributed by atoms with van der Waals surface area (Å²) in [6.45, 7) is 0.737. The maximum absolute atomic E-state index is 12.0. The van der Waals surface area contributed by atoms with E-state index in [9.17, 15) is 9.59 Å². The summed E-state index contributed by atoms with van der Waals surface area (Å²) in [5.74, 6) is 5.39. The summed E-state index contributed by atoms with van der Waals surface area (Å²) in [5.41, 5.74) is 8.62. The Morgan fingerprint density at radius 1 is 1.29 bits per heavy atom. The fourth-order valence-corrected chi connectivity index (χ4v) is 3.36. The van der Waals surface area contributed by atoms with E-state index in [4.69, 9.17) is 5.73 Å². The highest BCUT2D eigenvalue weighted by atomic mass is 16.2. The number of fused-ring (bicyclic) bond motifs is 1. The second-order valence-electron chi connectivity index (χ2n) is 6.87. The minimum Gasteiger partial charge on any atom is -0.364 e. The van der Waals surface area contributed by atoms with Crippen LogP contribution in [0.25, 0.3) is 22.2 Å². The Balaban J connectivity index is 1.76. The molecule has 1 aliphatic heterocycles. The van der Waals surface area contributed by atoms with Gasteiger partial charge in [0.15, 0.2) is 0 Å². The largest absolute Gasteiger partial charge is 0.364 e. The average Bonchev–Trinajstić information content (AvgIpc) is 3.22. The molecule has 0 spiro atoms. The van der Waals surface area contributed by atoms with Crippen molar-refractivity contribution in [2.45, 2.75) is 6.42 Å². The maximum atomic E-state index is 12.0. The molecule has 7 nitrogen and oxygen atoms in total. The number of nitrogens with zero attached hydrogens (tertiary/aromatic N) is 4. The summed E-state index contributed by atoms with van der Waals surface area (Å²) in [7, 11) is 3.59. The first-order valence-corrected chi connectivity index (χ1v) is 8.93. The first-order chi connectivity index (χ1) is 13.4. The highest BCUT2D eigenvalue weighted by Crippen LogP contribution is 2.28. The third kappa shape index (κ3) is 3.09. The van der Waals surface area contributed by atoms with Crippen LogP contribution in [-0.2, 0) is 11.8 Å². The lowest BCUT2D eigenvalue weighted by atomic mass is 10.0. The zero-order chi connectivity index (χ0) is 19.8. The lowest BCUT2D eigenvalue weighted by Gasteiger charge is -2.07. The van der Waals surface area contributed by atoms with Crippen molar-refractivity contribution in [1.82, 2.24) is 19.7 Å². The summed E-state index contributed by atoms with van der Waals surface area (Å²) in [5, 5.41) is 5.09. The number of hydrogen-bond donors (Lipinski definition) is 1. The first kappa shape index (κ1) is 17.7. The van der Waals surface area contributed by atoms with Gasteiger partial charge in [-0.2, -0.15) is 5.10 Å². The van der Waals surface area contributed by atoms with Crippen LogP contribution in [0, 0.1) is 17.8 Å². The number of nitrogens with two attached hydrogens (primary N) is 1. The van der Waals surface area contributed by atoms with Gasteiger partial charge in [-0.15, -0.1) is 0 Å². The topological polar surface area (TPSA) is 94.1 Å². The molecule has 1 unspecified atom stereocenters. The van der Waals surface area contributed by atoms with Gasteiger partial charge >= 0.3 is 0 Å². The van der Waals surface area contributed by atoms with Gasteiger partial charge in [0.1, 0.15) is 11.6 Å². The summed E-state index contributed by atoms with van der Waals surface area (Å²) >= 11 is 0. The van der Waals surface area contributed by atoms with E-state index in [1.54, 1.807) is 35.9 Å². The Hall–Kier alpha value is -3.66. The number of carbonyl (C=O) groups excluding carboxylic acids is 2. The van der Waals surface area contributed by atoms with Gasteiger partial charge in [-0.3, -0.25) is 14.3 Å². The van der Waals surface area contributed by atoms with Crippen LogP contribution in [0.5, 0.6) is 0 Å². The summed E-state index contributed by atoms with van der Waals surface area (Å²) in [4.78, 5) is 29.9. The number of rotatable bonds is 2. The number of primary amides is 1. The summed E-state index contributed by atoms with van der Waals surface area (Å²) in [6.07, 6.45) is 2.47. The Bertz CT molecular complexity index is 1170. The van der Waals surface area contributed by atoms with Crippen LogP contribution in [0.15, 0.2) is 36.5 Å². The van der Waals surface area contributed by atoms with E-state index in [-0.39, 0.29) is 17.5 Å². The van der Waals surface area contributed by atoms with E-state index in [1.165, 1.54) is 0 Å². The highest BCUT2D eigenvalue weighted by Gasteiger charge is 2.27. The Labute approximate surface area is 162 Å². The zero-order valence-corrected chi connectivity index (χ0v) is 15.6. The van der Waals surface area contributed by atoms with E-state index < -0.39 is 5.91 Å². The van der Waals surface area contributed by atoms with Crippen LogP contribution in [0.1, 0.15) is 22.5 Å². The van der Waals surface area contributed by atoms with Gasteiger partial charge in [-0.25, -0.2) is 4.98 Å². The fraction of sp³-hybridized carbons (Fsp3) is 0.238. The molecule has 2 N–H and O–H groups in total. The smallest absolute Gasteiger partial charge is 0.267 e. The van der Waals surface area contributed by atoms with Crippen molar-refractivity contribution in [3.8, 4) is 23.1 Å². The van der Waals surface area contributed by atoms with Gasteiger partial charge in [-0.1, -0.05) is 24.0 Å². The highest BCUT2D eigenvalue weighted by molar-refractivity contribution is 5.99. The van der Waals surface area contributed by atoms with Crippen LogP contribution in [0.3, 0.4) is 0 Å². The van der Waals surface area contributed by atoms with Crippen LogP contribution >= 0.6 is 0 Å². The van der Waals surface area contributed by atoms with Crippen LogP contribution in [0.4, 0.5) is 0 Å². The molecule has 1 atom stereocenters. The van der Waals surface area contributed by atoms with Crippen LogP contribution < -0.4 is 5.73 Å². The quantitative estimate of drug-likeness (QED) is 0.690. The first-order valence-electron chi connectivity index (χ1n) is 8.93. The fourth-order valence-electron chi connectivity index (χ4n) is 3.36. The Kier molecular flexibility index (Phi) is 4.32.